The van der Waals surface area contributed by atoms with Crippen molar-refractivity contribution in [2.45, 2.75) is 0 Å². The second-order valence-corrected chi connectivity index (χ2v) is 6.65. The quantitative estimate of drug-likeness (QED) is 0.744. The standard InChI is InChI=1S/C19H18N2O2S/c22-18-17(15-7-3-1-4-8-15)24-19(20-11-13-23-14-12-20)21(18)16-9-5-2-6-10-16/h1-10H,11-14H2/p+1. The molecule has 1 N–H and O–H groups in total. The predicted octanol–water partition coefficient (Wildman–Crippen LogP) is 3.23. The van der Waals surface area contributed by atoms with Crippen LogP contribution in [-0.2, 0) is 4.74 Å². The highest BCUT2D eigenvalue weighted by Gasteiger charge is 2.31. The molecule has 3 aromatic rings. The molecule has 0 saturated carbocycles. The highest BCUT2D eigenvalue weighted by atomic mass is 32.1. The van der Waals surface area contributed by atoms with Gasteiger partial charge < -0.3 is 9.84 Å². The molecule has 0 radical (unpaired) electrons. The first-order valence-electron chi connectivity index (χ1n) is 8.06. The van der Waals surface area contributed by atoms with Crippen molar-refractivity contribution in [1.82, 2.24) is 0 Å². The zero-order valence-electron chi connectivity index (χ0n) is 13.3. The van der Waals surface area contributed by atoms with Crippen molar-refractivity contribution in [2.24, 2.45) is 0 Å². The number of aromatic hydroxyl groups is 1. The number of morpholine rings is 1. The normalized spacial score (nSPS) is 14.8. The van der Waals surface area contributed by atoms with E-state index in [2.05, 4.69) is 4.90 Å². The molecule has 1 aliphatic rings. The van der Waals surface area contributed by atoms with Crippen LogP contribution in [0.4, 0.5) is 5.13 Å². The van der Waals surface area contributed by atoms with Crippen molar-refractivity contribution in [1.29, 1.82) is 0 Å². The SMILES string of the molecule is Oc1c(-c2ccccc2)sc(N2CCOCC2)[n+]1-c1ccccc1. The van der Waals surface area contributed by atoms with Crippen molar-refractivity contribution >= 4 is 16.5 Å². The zero-order chi connectivity index (χ0) is 16.4. The molecular weight excluding hydrogens is 320 g/mol. The van der Waals surface area contributed by atoms with Crippen LogP contribution in [0.15, 0.2) is 60.7 Å². The lowest BCUT2D eigenvalue weighted by atomic mass is 10.2. The van der Waals surface area contributed by atoms with Crippen molar-refractivity contribution in [3.8, 4) is 22.0 Å². The maximum Gasteiger partial charge on any atom is 0.345 e. The lowest BCUT2D eigenvalue weighted by Gasteiger charge is -2.21. The van der Waals surface area contributed by atoms with Crippen LogP contribution in [0, 0.1) is 0 Å². The van der Waals surface area contributed by atoms with Gasteiger partial charge in [0.2, 0.25) is 0 Å². The minimum Gasteiger partial charge on any atom is -0.476 e. The van der Waals surface area contributed by atoms with E-state index in [1.807, 2.05) is 65.2 Å². The van der Waals surface area contributed by atoms with Gasteiger partial charge in [-0.3, -0.25) is 0 Å². The average Bonchev–Trinajstić information content (AvgIpc) is 3.01. The van der Waals surface area contributed by atoms with E-state index in [1.54, 1.807) is 11.3 Å². The molecular formula is C19H19N2O2S+. The Morgan fingerprint density at radius 3 is 2.21 bits per heavy atom. The van der Waals surface area contributed by atoms with Crippen LogP contribution >= 0.6 is 11.3 Å². The van der Waals surface area contributed by atoms with Gasteiger partial charge in [-0.15, -0.1) is 0 Å². The van der Waals surface area contributed by atoms with Gasteiger partial charge in [0.05, 0.1) is 13.2 Å². The third kappa shape index (κ3) is 2.77. The van der Waals surface area contributed by atoms with Crippen LogP contribution in [0.25, 0.3) is 16.1 Å². The van der Waals surface area contributed by atoms with E-state index in [0.29, 0.717) is 19.1 Å². The highest BCUT2D eigenvalue weighted by molar-refractivity contribution is 7.18. The first-order chi connectivity index (χ1) is 11.8. The molecule has 0 bridgehead atoms. The van der Waals surface area contributed by atoms with E-state index >= 15 is 0 Å². The van der Waals surface area contributed by atoms with E-state index in [-0.39, 0.29) is 0 Å². The second-order valence-electron chi connectivity index (χ2n) is 5.67. The Bertz CT molecular complexity index is 812. The number of aromatic nitrogens is 1. The van der Waals surface area contributed by atoms with Gasteiger partial charge in [0.1, 0.15) is 23.7 Å². The number of thiazole rings is 1. The van der Waals surface area contributed by atoms with E-state index in [0.717, 1.165) is 34.3 Å². The minimum atomic E-state index is 0.291. The van der Waals surface area contributed by atoms with Gasteiger partial charge in [0, 0.05) is 0 Å². The van der Waals surface area contributed by atoms with Crippen LogP contribution in [0.1, 0.15) is 0 Å². The molecule has 1 aromatic heterocycles. The number of hydrogen-bond donors (Lipinski definition) is 1. The maximum absolute atomic E-state index is 11.0. The number of ether oxygens (including phenoxy) is 1. The summed E-state index contributed by atoms with van der Waals surface area (Å²) in [5.41, 5.74) is 2.00. The molecule has 2 heterocycles. The molecule has 0 aliphatic carbocycles. The first kappa shape index (κ1) is 15.2. The Labute approximate surface area is 145 Å². The fraction of sp³-hybridized carbons (Fsp3) is 0.211. The summed E-state index contributed by atoms with van der Waals surface area (Å²) in [6.07, 6.45) is 0. The number of nitrogens with zero attached hydrogens (tertiary/aromatic N) is 2. The summed E-state index contributed by atoms with van der Waals surface area (Å²) in [5, 5.41) is 12.0. The minimum absolute atomic E-state index is 0.291. The maximum atomic E-state index is 11.0. The number of rotatable bonds is 3. The van der Waals surface area contributed by atoms with Gasteiger partial charge in [0.15, 0.2) is 0 Å². The fourth-order valence-electron chi connectivity index (χ4n) is 2.92. The smallest absolute Gasteiger partial charge is 0.345 e. The number of anilines is 1. The molecule has 24 heavy (non-hydrogen) atoms. The summed E-state index contributed by atoms with van der Waals surface area (Å²) in [6.45, 7) is 3.10. The van der Waals surface area contributed by atoms with Gasteiger partial charge in [-0.1, -0.05) is 48.5 Å². The first-order valence-corrected chi connectivity index (χ1v) is 8.87. The third-order valence-corrected chi connectivity index (χ3v) is 5.38. The molecule has 1 saturated heterocycles. The van der Waals surface area contributed by atoms with Gasteiger partial charge in [-0.05, 0) is 29.0 Å². The molecule has 4 rings (SSSR count). The Balaban J connectivity index is 1.88. The Hall–Kier alpha value is -2.37. The third-order valence-electron chi connectivity index (χ3n) is 4.13. The van der Waals surface area contributed by atoms with Gasteiger partial charge in [-0.2, -0.15) is 4.57 Å². The zero-order valence-corrected chi connectivity index (χ0v) is 14.1. The van der Waals surface area contributed by atoms with E-state index in [4.69, 9.17) is 4.74 Å². The van der Waals surface area contributed by atoms with Gasteiger partial charge in [-0.25, -0.2) is 4.90 Å². The van der Waals surface area contributed by atoms with E-state index in [9.17, 15) is 5.11 Å². The van der Waals surface area contributed by atoms with Crippen molar-refractivity contribution < 1.29 is 14.4 Å². The summed E-state index contributed by atoms with van der Waals surface area (Å²) in [6, 6.07) is 20.0. The van der Waals surface area contributed by atoms with Crippen molar-refractivity contribution in [3.05, 3.63) is 60.7 Å². The van der Waals surface area contributed by atoms with Crippen LogP contribution in [0.2, 0.25) is 0 Å². The van der Waals surface area contributed by atoms with Crippen LogP contribution in [-0.4, -0.2) is 31.4 Å². The summed E-state index contributed by atoms with van der Waals surface area (Å²) in [7, 11) is 0. The van der Waals surface area contributed by atoms with Crippen LogP contribution in [0.5, 0.6) is 5.88 Å². The average molecular weight is 339 g/mol. The van der Waals surface area contributed by atoms with Crippen molar-refractivity contribution in [2.75, 3.05) is 31.2 Å². The Kier molecular flexibility index (Phi) is 4.19. The van der Waals surface area contributed by atoms with Gasteiger partial charge in [0.25, 0.3) is 0 Å². The molecule has 1 fully saturated rings. The fourth-order valence-corrected chi connectivity index (χ4v) is 4.14. The van der Waals surface area contributed by atoms with Crippen LogP contribution in [0.3, 0.4) is 0 Å². The highest BCUT2D eigenvalue weighted by Crippen LogP contribution is 2.38. The molecule has 5 heteroatoms. The summed E-state index contributed by atoms with van der Waals surface area (Å²) in [4.78, 5) is 3.17. The lowest BCUT2D eigenvalue weighted by Crippen LogP contribution is -2.43. The Morgan fingerprint density at radius 1 is 0.917 bits per heavy atom. The van der Waals surface area contributed by atoms with Crippen molar-refractivity contribution in [3.63, 3.8) is 0 Å². The Morgan fingerprint density at radius 2 is 1.54 bits per heavy atom. The molecule has 0 atom stereocenters. The van der Waals surface area contributed by atoms with Gasteiger partial charge >= 0.3 is 11.0 Å². The van der Waals surface area contributed by atoms with E-state index in [1.165, 1.54) is 0 Å². The summed E-state index contributed by atoms with van der Waals surface area (Å²) in [5.74, 6) is 0.291. The summed E-state index contributed by atoms with van der Waals surface area (Å²) >= 11 is 1.62. The molecule has 2 aromatic carbocycles. The lowest BCUT2D eigenvalue weighted by molar-refractivity contribution is -0.585. The number of para-hydroxylation sites is 1. The number of hydrogen-bond acceptors (Lipinski definition) is 4. The molecule has 0 spiro atoms. The second kappa shape index (κ2) is 6.63. The molecule has 1 aliphatic heterocycles. The molecule has 0 amide bonds. The molecule has 0 unspecified atom stereocenters. The molecule has 4 nitrogen and oxygen atoms in total. The van der Waals surface area contributed by atoms with E-state index < -0.39 is 0 Å². The topological polar surface area (TPSA) is 36.6 Å². The number of benzene rings is 2. The summed E-state index contributed by atoms with van der Waals surface area (Å²) < 4.78 is 7.42. The largest absolute Gasteiger partial charge is 0.476 e. The molecule has 122 valence electrons. The predicted molar refractivity (Wildman–Crippen MR) is 96.0 cm³/mol. The monoisotopic (exact) mass is 339 g/mol. The van der Waals surface area contributed by atoms with Crippen LogP contribution < -0.4 is 9.47 Å².